The summed E-state index contributed by atoms with van der Waals surface area (Å²) in [4.78, 5) is 28.2. The van der Waals surface area contributed by atoms with Crippen LogP contribution in [0.2, 0.25) is 0 Å². The zero-order valence-electron chi connectivity index (χ0n) is 15.0. The standard InChI is InChI=1S/C19H23N3O3S/c1-4-7-22-18(24)15-6-5-13(10-16(15)21-19(22)26)17(23)20-14-8-11(2)25-12(3)9-14/h4-6,10-12,14H,1,7-9H2,2-3H3,(H,20,23)(H,21,26)/t11-,12-/m1/s1. The highest BCUT2D eigenvalue weighted by atomic mass is 32.1. The first-order valence-corrected chi connectivity index (χ1v) is 9.14. The van der Waals surface area contributed by atoms with Gasteiger partial charge in [0.25, 0.3) is 11.5 Å². The van der Waals surface area contributed by atoms with E-state index in [4.69, 9.17) is 17.0 Å². The summed E-state index contributed by atoms with van der Waals surface area (Å²) in [6.45, 7) is 8.01. The van der Waals surface area contributed by atoms with Gasteiger partial charge in [0.15, 0.2) is 4.77 Å². The number of allylic oxidation sites excluding steroid dienone is 1. The zero-order valence-corrected chi connectivity index (χ0v) is 15.8. The van der Waals surface area contributed by atoms with Crippen molar-refractivity contribution in [2.24, 2.45) is 0 Å². The first-order chi connectivity index (χ1) is 12.4. The molecule has 26 heavy (non-hydrogen) atoms. The summed E-state index contributed by atoms with van der Waals surface area (Å²) in [5.74, 6) is -0.159. The highest BCUT2D eigenvalue weighted by molar-refractivity contribution is 7.71. The number of nitrogens with one attached hydrogen (secondary N) is 2. The quantitative estimate of drug-likeness (QED) is 0.638. The second-order valence-corrected chi connectivity index (χ2v) is 7.18. The van der Waals surface area contributed by atoms with E-state index in [1.54, 1.807) is 24.3 Å². The fourth-order valence-corrected chi connectivity index (χ4v) is 3.75. The van der Waals surface area contributed by atoms with Crippen molar-refractivity contribution in [1.29, 1.82) is 0 Å². The molecule has 138 valence electrons. The van der Waals surface area contributed by atoms with Crippen molar-refractivity contribution in [3.8, 4) is 0 Å². The molecule has 3 rings (SSSR count). The number of carbonyl (C=O) groups is 1. The van der Waals surface area contributed by atoms with Crippen LogP contribution >= 0.6 is 12.2 Å². The minimum absolute atomic E-state index is 0.0797. The summed E-state index contributed by atoms with van der Waals surface area (Å²) in [6, 6.07) is 5.08. The molecule has 1 aromatic heterocycles. The average Bonchev–Trinajstić information content (AvgIpc) is 2.57. The molecule has 0 radical (unpaired) electrons. The van der Waals surface area contributed by atoms with E-state index < -0.39 is 0 Å². The van der Waals surface area contributed by atoms with Crippen molar-refractivity contribution >= 4 is 29.0 Å². The second kappa shape index (κ2) is 7.55. The fraction of sp³-hybridized carbons (Fsp3) is 0.421. The Morgan fingerprint density at radius 3 is 2.77 bits per heavy atom. The molecule has 0 aliphatic carbocycles. The van der Waals surface area contributed by atoms with Crippen LogP contribution in [0.1, 0.15) is 37.0 Å². The van der Waals surface area contributed by atoms with E-state index in [9.17, 15) is 9.59 Å². The van der Waals surface area contributed by atoms with Crippen LogP contribution in [-0.4, -0.2) is 33.7 Å². The SMILES string of the molecule is C=CCn1c(=S)[nH]c2cc(C(=O)NC3C[C@@H](C)O[C@H](C)C3)ccc2c1=O. The lowest BCUT2D eigenvalue weighted by molar-refractivity contribution is -0.0408. The lowest BCUT2D eigenvalue weighted by Gasteiger charge is -2.32. The molecule has 2 aromatic rings. The van der Waals surface area contributed by atoms with Gasteiger partial charge in [0.1, 0.15) is 0 Å². The first kappa shape index (κ1) is 18.5. The molecular formula is C19H23N3O3S. The van der Waals surface area contributed by atoms with Crippen LogP contribution in [0.15, 0.2) is 35.6 Å². The Kier molecular flexibility index (Phi) is 5.38. The van der Waals surface area contributed by atoms with Gasteiger partial charge in [-0.2, -0.15) is 0 Å². The third-order valence-corrected chi connectivity index (χ3v) is 4.91. The van der Waals surface area contributed by atoms with Crippen LogP contribution in [0.5, 0.6) is 0 Å². The van der Waals surface area contributed by atoms with Gasteiger partial charge in [-0.3, -0.25) is 14.2 Å². The Morgan fingerprint density at radius 1 is 1.42 bits per heavy atom. The molecule has 2 N–H and O–H groups in total. The normalized spacial score (nSPS) is 22.9. The van der Waals surface area contributed by atoms with Gasteiger partial charge >= 0.3 is 0 Å². The summed E-state index contributed by atoms with van der Waals surface area (Å²) in [5, 5.41) is 3.56. The number of amides is 1. The van der Waals surface area contributed by atoms with Crippen molar-refractivity contribution in [2.45, 2.75) is 51.5 Å². The summed E-state index contributed by atoms with van der Waals surface area (Å²) in [5.41, 5.74) is 0.861. The van der Waals surface area contributed by atoms with E-state index in [1.807, 2.05) is 13.8 Å². The van der Waals surface area contributed by atoms with Crippen molar-refractivity contribution in [3.05, 3.63) is 51.5 Å². The molecule has 0 bridgehead atoms. The van der Waals surface area contributed by atoms with Gasteiger partial charge < -0.3 is 15.0 Å². The first-order valence-electron chi connectivity index (χ1n) is 8.73. The third kappa shape index (κ3) is 3.78. The number of rotatable bonds is 4. The number of benzene rings is 1. The van der Waals surface area contributed by atoms with E-state index in [0.29, 0.717) is 27.8 Å². The zero-order chi connectivity index (χ0) is 18.8. The third-order valence-electron chi connectivity index (χ3n) is 4.59. The predicted octanol–water partition coefficient (Wildman–Crippen LogP) is 2.93. The number of fused-ring (bicyclic) bond motifs is 1. The number of aromatic amines is 1. The highest BCUT2D eigenvalue weighted by Crippen LogP contribution is 2.20. The molecule has 1 aliphatic heterocycles. The molecule has 2 heterocycles. The molecular weight excluding hydrogens is 350 g/mol. The van der Waals surface area contributed by atoms with Crippen LogP contribution in [0.4, 0.5) is 0 Å². The Hall–Kier alpha value is -2.25. The molecule has 0 unspecified atom stereocenters. The van der Waals surface area contributed by atoms with E-state index in [0.717, 1.165) is 12.8 Å². The van der Waals surface area contributed by atoms with Gasteiger partial charge in [-0.05, 0) is 57.1 Å². The number of aromatic nitrogens is 2. The molecule has 1 fully saturated rings. The van der Waals surface area contributed by atoms with Crippen molar-refractivity contribution in [2.75, 3.05) is 0 Å². The van der Waals surface area contributed by atoms with Crippen LogP contribution < -0.4 is 10.9 Å². The van der Waals surface area contributed by atoms with Crippen molar-refractivity contribution in [1.82, 2.24) is 14.9 Å². The topological polar surface area (TPSA) is 76.1 Å². The minimum Gasteiger partial charge on any atom is -0.375 e. The predicted molar refractivity (Wildman–Crippen MR) is 104 cm³/mol. The van der Waals surface area contributed by atoms with Gasteiger partial charge in [-0.1, -0.05) is 6.08 Å². The molecule has 2 atom stereocenters. The average molecular weight is 373 g/mol. The van der Waals surface area contributed by atoms with Gasteiger partial charge in [-0.25, -0.2) is 0 Å². The van der Waals surface area contributed by atoms with Crippen molar-refractivity contribution < 1.29 is 9.53 Å². The van der Waals surface area contributed by atoms with E-state index in [-0.39, 0.29) is 29.7 Å². The van der Waals surface area contributed by atoms with Crippen LogP contribution in [-0.2, 0) is 11.3 Å². The summed E-state index contributed by atoms with van der Waals surface area (Å²) >= 11 is 5.24. The molecule has 6 nitrogen and oxygen atoms in total. The minimum atomic E-state index is -0.192. The summed E-state index contributed by atoms with van der Waals surface area (Å²) in [6.07, 6.45) is 3.45. The Morgan fingerprint density at radius 2 is 2.12 bits per heavy atom. The number of hydrogen-bond acceptors (Lipinski definition) is 4. The number of ether oxygens (including phenoxy) is 1. The lowest BCUT2D eigenvalue weighted by atomic mass is 9.99. The maximum Gasteiger partial charge on any atom is 0.262 e. The maximum absolute atomic E-state index is 12.6. The smallest absolute Gasteiger partial charge is 0.262 e. The Bertz CT molecular complexity index is 953. The summed E-state index contributed by atoms with van der Waals surface area (Å²) < 4.78 is 7.46. The van der Waals surface area contributed by atoms with Crippen LogP contribution in [0.25, 0.3) is 10.9 Å². The highest BCUT2D eigenvalue weighted by Gasteiger charge is 2.26. The maximum atomic E-state index is 12.6. The largest absolute Gasteiger partial charge is 0.375 e. The summed E-state index contributed by atoms with van der Waals surface area (Å²) in [7, 11) is 0. The van der Waals surface area contributed by atoms with Crippen LogP contribution in [0.3, 0.4) is 0 Å². The Balaban J connectivity index is 1.88. The number of carbonyl (C=O) groups excluding carboxylic acids is 1. The second-order valence-electron chi connectivity index (χ2n) is 6.79. The Labute approximate surface area is 156 Å². The molecule has 1 amide bonds. The van der Waals surface area contributed by atoms with Gasteiger partial charge in [0.2, 0.25) is 0 Å². The number of nitrogens with zero attached hydrogens (tertiary/aromatic N) is 1. The molecule has 1 aliphatic rings. The van der Waals surface area contributed by atoms with E-state index in [1.165, 1.54) is 4.57 Å². The molecule has 0 spiro atoms. The van der Waals surface area contributed by atoms with Crippen LogP contribution in [0, 0.1) is 4.77 Å². The fourth-order valence-electron chi connectivity index (χ4n) is 3.48. The molecule has 7 heteroatoms. The monoisotopic (exact) mass is 373 g/mol. The molecule has 1 aromatic carbocycles. The number of hydrogen-bond donors (Lipinski definition) is 2. The molecule has 1 saturated heterocycles. The van der Waals surface area contributed by atoms with Gasteiger partial charge in [-0.15, -0.1) is 6.58 Å². The van der Waals surface area contributed by atoms with E-state index in [2.05, 4.69) is 16.9 Å². The van der Waals surface area contributed by atoms with Crippen molar-refractivity contribution in [3.63, 3.8) is 0 Å². The van der Waals surface area contributed by atoms with Gasteiger partial charge in [0.05, 0.1) is 23.1 Å². The number of H-pyrrole nitrogens is 1. The lowest BCUT2D eigenvalue weighted by Crippen LogP contribution is -2.43. The van der Waals surface area contributed by atoms with Gasteiger partial charge in [0, 0.05) is 18.2 Å². The van der Waals surface area contributed by atoms with E-state index >= 15 is 0 Å². The molecule has 0 saturated carbocycles.